The molecular formula is C16H24N2O3. The van der Waals surface area contributed by atoms with E-state index in [0.717, 1.165) is 0 Å². The number of hydrogen-bond donors (Lipinski definition) is 2. The fourth-order valence-corrected chi connectivity index (χ4v) is 2.05. The van der Waals surface area contributed by atoms with Crippen molar-refractivity contribution in [3.05, 3.63) is 35.4 Å². The Morgan fingerprint density at radius 3 is 2.10 bits per heavy atom. The summed E-state index contributed by atoms with van der Waals surface area (Å²) in [5, 5.41) is 8.97. The zero-order valence-electron chi connectivity index (χ0n) is 12.9. The predicted octanol–water partition coefficient (Wildman–Crippen LogP) is 1.66. The van der Waals surface area contributed by atoms with Crippen molar-refractivity contribution in [2.75, 3.05) is 19.7 Å². The fourth-order valence-electron chi connectivity index (χ4n) is 2.05. The highest BCUT2D eigenvalue weighted by molar-refractivity contribution is 5.97. The second kappa shape index (κ2) is 7.22. The van der Waals surface area contributed by atoms with Crippen LogP contribution in [0.3, 0.4) is 0 Å². The number of nitrogens with zero attached hydrogens (tertiary/aromatic N) is 1. The largest absolute Gasteiger partial charge is 0.396 e. The van der Waals surface area contributed by atoms with Crippen LogP contribution in [0, 0.1) is 5.41 Å². The third kappa shape index (κ3) is 5.55. The van der Waals surface area contributed by atoms with Crippen LogP contribution in [0.1, 0.15) is 47.9 Å². The predicted molar refractivity (Wildman–Crippen MR) is 82.0 cm³/mol. The zero-order chi connectivity index (χ0) is 16.0. The summed E-state index contributed by atoms with van der Waals surface area (Å²) in [5.41, 5.74) is 6.05. The number of rotatable bonds is 6. The van der Waals surface area contributed by atoms with Crippen LogP contribution in [0.5, 0.6) is 0 Å². The van der Waals surface area contributed by atoms with Gasteiger partial charge in [0.2, 0.25) is 5.91 Å². The monoisotopic (exact) mass is 292 g/mol. The summed E-state index contributed by atoms with van der Waals surface area (Å²) in [4.78, 5) is 25.3. The molecule has 0 aliphatic rings. The minimum Gasteiger partial charge on any atom is -0.396 e. The first-order chi connectivity index (χ1) is 9.74. The van der Waals surface area contributed by atoms with Crippen molar-refractivity contribution >= 4 is 11.8 Å². The Morgan fingerprint density at radius 2 is 1.67 bits per heavy atom. The molecule has 116 valence electrons. The smallest absolute Gasteiger partial charge is 0.253 e. The normalized spacial score (nSPS) is 11.2. The molecule has 0 aromatic heterocycles. The highest BCUT2D eigenvalue weighted by Gasteiger charge is 2.21. The van der Waals surface area contributed by atoms with E-state index in [9.17, 15) is 9.59 Å². The van der Waals surface area contributed by atoms with Crippen LogP contribution in [0.4, 0.5) is 0 Å². The van der Waals surface area contributed by atoms with Crippen molar-refractivity contribution < 1.29 is 14.7 Å². The van der Waals surface area contributed by atoms with Gasteiger partial charge in [-0.2, -0.15) is 0 Å². The minimum atomic E-state index is -0.513. The van der Waals surface area contributed by atoms with E-state index in [4.69, 9.17) is 10.8 Å². The molecule has 2 amide bonds. The van der Waals surface area contributed by atoms with E-state index in [-0.39, 0.29) is 17.9 Å². The third-order valence-corrected chi connectivity index (χ3v) is 2.95. The van der Waals surface area contributed by atoms with Gasteiger partial charge in [-0.3, -0.25) is 9.59 Å². The number of nitrogens with two attached hydrogens (primary N) is 1. The molecule has 21 heavy (non-hydrogen) atoms. The number of carbonyl (C=O) groups excluding carboxylic acids is 2. The van der Waals surface area contributed by atoms with Gasteiger partial charge in [-0.25, -0.2) is 0 Å². The fraction of sp³-hybridized carbons (Fsp3) is 0.500. The molecule has 0 saturated carbocycles. The van der Waals surface area contributed by atoms with E-state index in [1.165, 1.54) is 0 Å². The van der Waals surface area contributed by atoms with E-state index in [2.05, 4.69) is 20.8 Å². The Bertz CT molecular complexity index is 489. The minimum absolute atomic E-state index is 0.0295. The summed E-state index contributed by atoms with van der Waals surface area (Å²) >= 11 is 0. The van der Waals surface area contributed by atoms with E-state index >= 15 is 0 Å². The molecule has 0 fully saturated rings. The summed E-state index contributed by atoms with van der Waals surface area (Å²) in [6.45, 7) is 7.33. The molecule has 0 heterocycles. The first-order valence-electron chi connectivity index (χ1n) is 7.04. The Labute approximate surface area is 125 Å². The van der Waals surface area contributed by atoms with Crippen molar-refractivity contribution in [1.29, 1.82) is 0 Å². The Balaban J connectivity index is 2.90. The van der Waals surface area contributed by atoms with Gasteiger partial charge < -0.3 is 15.7 Å². The lowest BCUT2D eigenvalue weighted by molar-refractivity contribution is 0.0682. The molecular weight excluding hydrogens is 268 g/mol. The number of benzene rings is 1. The van der Waals surface area contributed by atoms with E-state index in [0.29, 0.717) is 30.6 Å². The maximum absolute atomic E-state index is 12.5. The maximum Gasteiger partial charge on any atom is 0.253 e. The highest BCUT2D eigenvalue weighted by atomic mass is 16.3. The first-order valence-corrected chi connectivity index (χ1v) is 7.04. The van der Waals surface area contributed by atoms with Crippen molar-refractivity contribution in [1.82, 2.24) is 4.90 Å². The van der Waals surface area contributed by atoms with E-state index < -0.39 is 5.91 Å². The number of hydrogen-bond acceptors (Lipinski definition) is 3. The quantitative estimate of drug-likeness (QED) is 0.836. The van der Waals surface area contributed by atoms with Gasteiger partial charge in [0.05, 0.1) is 0 Å². The molecule has 0 saturated heterocycles. The summed E-state index contributed by atoms with van der Waals surface area (Å²) in [6, 6.07) is 6.32. The summed E-state index contributed by atoms with van der Waals surface area (Å²) in [6.07, 6.45) is 0.543. The topological polar surface area (TPSA) is 83.6 Å². The SMILES string of the molecule is CC(C)(C)CN(CCCO)C(=O)c1ccc(C(N)=O)cc1. The number of primary amides is 1. The molecule has 0 aliphatic heterocycles. The highest BCUT2D eigenvalue weighted by Crippen LogP contribution is 2.18. The number of aliphatic hydroxyl groups is 1. The van der Waals surface area contributed by atoms with Gasteiger partial charge in [-0.05, 0) is 36.1 Å². The number of amides is 2. The molecule has 0 atom stereocenters. The summed E-state index contributed by atoms with van der Waals surface area (Å²) < 4.78 is 0. The maximum atomic E-state index is 12.5. The molecule has 1 rings (SSSR count). The number of aliphatic hydroxyl groups excluding tert-OH is 1. The lowest BCUT2D eigenvalue weighted by Gasteiger charge is -2.30. The first kappa shape index (κ1) is 17.2. The Kier molecular flexibility index (Phi) is 5.90. The van der Waals surface area contributed by atoms with Crippen LogP contribution in [0.25, 0.3) is 0 Å². The van der Waals surface area contributed by atoms with E-state index in [1.807, 2.05) is 0 Å². The zero-order valence-corrected chi connectivity index (χ0v) is 12.9. The molecule has 1 aromatic rings. The summed E-state index contributed by atoms with van der Waals surface area (Å²) in [7, 11) is 0. The Morgan fingerprint density at radius 1 is 1.14 bits per heavy atom. The standard InChI is InChI=1S/C16H24N2O3/c1-16(2,3)11-18(9-4-10-19)15(21)13-7-5-12(6-8-13)14(17)20/h5-8,19H,4,9-11H2,1-3H3,(H2,17,20). The lowest BCUT2D eigenvalue weighted by Crippen LogP contribution is -2.38. The molecule has 1 aromatic carbocycles. The molecule has 5 nitrogen and oxygen atoms in total. The number of carbonyl (C=O) groups is 2. The van der Waals surface area contributed by atoms with Crippen LogP contribution in [-0.4, -0.2) is 41.5 Å². The van der Waals surface area contributed by atoms with Crippen molar-refractivity contribution in [2.45, 2.75) is 27.2 Å². The van der Waals surface area contributed by atoms with Gasteiger partial charge >= 0.3 is 0 Å². The van der Waals surface area contributed by atoms with Gasteiger partial charge in [0.1, 0.15) is 0 Å². The van der Waals surface area contributed by atoms with Gasteiger partial charge in [0, 0.05) is 30.8 Å². The van der Waals surface area contributed by atoms with Crippen LogP contribution in [-0.2, 0) is 0 Å². The van der Waals surface area contributed by atoms with E-state index in [1.54, 1.807) is 29.2 Å². The van der Waals surface area contributed by atoms with Gasteiger partial charge in [-0.1, -0.05) is 20.8 Å². The van der Waals surface area contributed by atoms with Gasteiger partial charge in [-0.15, -0.1) is 0 Å². The molecule has 5 heteroatoms. The average Bonchev–Trinajstić information content (AvgIpc) is 2.41. The van der Waals surface area contributed by atoms with Crippen LogP contribution >= 0.6 is 0 Å². The lowest BCUT2D eigenvalue weighted by atomic mass is 9.95. The van der Waals surface area contributed by atoms with Gasteiger partial charge in [0.25, 0.3) is 5.91 Å². The summed E-state index contributed by atoms with van der Waals surface area (Å²) in [5.74, 6) is -0.616. The molecule has 0 aliphatic carbocycles. The van der Waals surface area contributed by atoms with Crippen molar-refractivity contribution in [3.8, 4) is 0 Å². The van der Waals surface area contributed by atoms with Gasteiger partial charge in [0.15, 0.2) is 0 Å². The second-order valence-electron chi connectivity index (χ2n) is 6.31. The second-order valence-corrected chi connectivity index (χ2v) is 6.31. The molecule has 0 bridgehead atoms. The Hall–Kier alpha value is -1.88. The third-order valence-electron chi connectivity index (χ3n) is 2.95. The van der Waals surface area contributed by atoms with Crippen LogP contribution < -0.4 is 5.73 Å². The van der Waals surface area contributed by atoms with Crippen LogP contribution in [0.15, 0.2) is 24.3 Å². The van der Waals surface area contributed by atoms with Crippen molar-refractivity contribution in [2.24, 2.45) is 11.1 Å². The average molecular weight is 292 g/mol. The molecule has 0 unspecified atom stereocenters. The molecule has 0 radical (unpaired) electrons. The van der Waals surface area contributed by atoms with Crippen molar-refractivity contribution in [3.63, 3.8) is 0 Å². The van der Waals surface area contributed by atoms with Crippen LogP contribution in [0.2, 0.25) is 0 Å². The molecule has 0 spiro atoms. The molecule has 3 N–H and O–H groups in total.